The fraction of sp³-hybridized carbons (Fsp3) is 0.938. The largest absolute Gasteiger partial charge is 0.375 e. The zero-order valence-corrected chi connectivity index (χ0v) is 13.6. The maximum atomic E-state index is 13.5. The average Bonchev–Trinajstić information content (AvgIpc) is 2.80. The van der Waals surface area contributed by atoms with Crippen LogP contribution in [0.5, 0.6) is 0 Å². The van der Waals surface area contributed by atoms with Gasteiger partial charge in [0.05, 0.1) is 6.67 Å². The molecule has 0 aromatic carbocycles. The Morgan fingerprint density at radius 1 is 1.38 bits per heavy atom. The molecule has 5 heteroatoms. The van der Waals surface area contributed by atoms with Gasteiger partial charge in [0.15, 0.2) is 0 Å². The lowest BCUT2D eigenvalue weighted by Crippen LogP contribution is -2.46. The summed E-state index contributed by atoms with van der Waals surface area (Å²) in [5.74, 6) is 0.663. The number of rotatable bonds is 5. The number of piperidine rings is 1. The van der Waals surface area contributed by atoms with Gasteiger partial charge in [0.2, 0.25) is 5.91 Å². The summed E-state index contributed by atoms with van der Waals surface area (Å²) in [5.41, 5.74) is -0.00830. The zero-order valence-electron chi connectivity index (χ0n) is 13.6. The molecule has 1 spiro atoms. The Balaban J connectivity index is 1.97. The van der Waals surface area contributed by atoms with E-state index in [1.807, 2.05) is 4.90 Å². The van der Waals surface area contributed by atoms with E-state index in [2.05, 4.69) is 18.7 Å². The van der Waals surface area contributed by atoms with Crippen molar-refractivity contribution < 1.29 is 13.9 Å². The van der Waals surface area contributed by atoms with Crippen LogP contribution in [-0.2, 0) is 9.53 Å². The van der Waals surface area contributed by atoms with Crippen LogP contribution in [0, 0.1) is 17.3 Å². The Kier molecular flexibility index (Phi) is 5.60. The van der Waals surface area contributed by atoms with Crippen molar-refractivity contribution >= 4 is 5.91 Å². The number of amides is 1. The van der Waals surface area contributed by atoms with Crippen LogP contribution in [0.25, 0.3) is 0 Å². The lowest BCUT2D eigenvalue weighted by Gasteiger charge is -2.42. The molecule has 1 amide bonds. The number of halogens is 1. The van der Waals surface area contributed by atoms with Crippen molar-refractivity contribution in [2.45, 2.75) is 26.7 Å². The van der Waals surface area contributed by atoms with E-state index in [-0.39, 0.29) is 30.5 Å². The number of hydrogen-bond acceptors (Lipinski definition) is 3. The molecule has 2 heterocycles. The molecule has 21 heavy (non-hydrogen) atoms. The standard InChI is InChI=1S/C16H29FN2O2/c1-13(2)9-18-6-4-16(5-7-18)12-19(10-14(16)8-17)15(20)11-21-3/h13-14H,4-12H2,1-3H3. The molecule has 2 fully saturated rings. The van der Waals surface area contributed by atoms with Gasteiger partial charge in [-0.3, -0.25) is 9.18 Å². The molecule has 0 radical (unpaired) electrons. The molecule has 0 N–H and O–H groups in total. The van der Waals surface area contributed by atoms with Crippen LogP contribution >= 0.6 is 0 Å². The van der Waals surface area contributed by atoms with Crippen molar-refractivity contribution in [2.24, 2.45) is 17.3 Å². The number of alkyl halides is 1. The first kappa shape index (κ1) is 16.7. The number of carbonyl (C=O) groups excluding carboxylic acids is 1. The summed E-state index contributed by atoms with van der Waals surface area (Å²) in [6.45, 7) is 8.69. The van der Waals surface area contributed by atoms with Gasteiger partial charge in [-0.1, -0.05) is 13.8 Å². The number of carbonyl (C=O) groups is 1. The van der Waals surface area contributed by atoms with E-state index in [0.717, 1.165) is 32.5 Å². The first-order valence-corrected chi connectivity index (χ1v) is 8.06. The molecule has 1 unspecified atom stereocenters. The Bertz CT molecular complexity index is 354. The summed E-state index contributed by atoms with van der Waals surface area (Å²) >= 11 is 0. The monoisotopic (exact) mass is 300 g/mol. The minimum atomic E-state index is -0.319. The van der Waals surface area contributed by atoms with Gasteiger partial charge < -0.3 is 14.5 Å². The molecule has 2 aliphatic rings. The van der Waals surface area contributed by atoms with Gasteiger partial charge in [0.1, 0.15) is 6.61 Å². The zero-order chi connectivity index (χ0) is 15.5. The van der Waals surface area contributed by atoms with Crippen LogP contribution in [-0.4, -0.2) is 68.8 Å². The Hall–Kier alpha value is -0.680. The highest BCUT2D eigenvalue weighted by Crippen LogP contribution is 2.45. The van der Waals surface area contributed by atoms with Crippen molar-refractivity contribution in [3.8, 4) is 0 Å². The molecule has 0 saturated carbocycles. The summed E-state index contributed by atoms with van der Waals surface area (Å²) < 4.78 is 18.4. The highest BCUT2D eigenvalue weighted by Gasteiger charge is 2.49. The smallest absolute Gasteiger partial charge is 0.248 e. The van der Waals surface area contributed by atoms with E-state index in [9.17, 15) is 9.18 Å². The maximum Gasteiger partial charge on any atom is 0.248 e. The summed E-state index contributed by atoms with van der Waals surface area (Å²) in [7, 11) is 1.53. The number of ether oxygens (including phenoxy) is 1. The lowest BCUT2D eigenvalue weighted by molar-refractivity contribution is -0.134. The van der Waals surface area contributed by atoms with Gasteiger partial charge >= 0.3 is 0 Å². The number of hydrogen-bond donors (Lipinski definition) is 0. The third-order valence-electron chi connectivity index (χ3n) is 5.09. The molecule has 2 rings (SSSR count). The van der Waals surface area contributed by atoms with Gasteiger partial charge in [-0.05, 0) is 37.3 Å². The summed E-state index contributed by atoms with van der Waals surface area (Å²) in [4.78, 5) is 16.3. The molecule has 2 saturated heterocycles. The molecule has 0 aliphatic carbocycles. The van der Waals surface area contributed by atoms with Crippen LogP contribution in [0.4, 0.5) is 4.39 Å². The van der Waals surface area contributed by atoms with E-state index in [0.29, 0.717) is 19.0 Å². The molecule has 0 aromatic heterocycles. The molecular weight excluding hydrogens is 271 g/mol. The van der Waals surface area contributed by atoms with E-state index in [1.54, 1.807) is 0 Å². The fourth-order valence-electron chi connectivity index (χ4n) is 3.91. The van der Waals surface area contributed by atoms with Crippen LogP contribution in [0.15, 0.2) is 0 Å². The average molecular weight is 300 g/mol. The number of likely N-dealkylation sites (tertiary alicyclic amines) is 2. The minimum absolute atomic E-state index is 0.000457. The number of methoxy groups -OCH3 is 1. The highest BCUT2D eigenvalue weighted by atomic mass is 19.1. The minimum Gasteiger partial charge on any atom is -0.375 e. The summed E-state index contributed by atoms with van der Waals surface area (Å²) in [6.07, 6.45) is 2.01. The molecule has 1 atom stereocenters. The summed E-state index contributed by atoms with van der Waals surface area (Å²) in [5, 5.41) is 0. The first-order chi connectivity index (χ1) is 10.0. The quantitative estimate of drug-likeness (QED) is 0.776. The second-order valence-corrected chi connectivity index (χ2v) is 7.12. The van der Waals surface area contributed by atoms with Crippen molar-refractivity contribution in [1.82, 2.24) is 9.80 Å². The van der Waals surface area contributed by atoms with Crippen LogP contribution in [0.3, 0.4) is 0 Å². The van der Waals surface area contributed by atoms with E-state index >= 15 is 0 Å². The topological polar surface area (TPSA) is 32.8 Å². The normalized spacial score (nSPS) is 26.0. The third kappa shape index (κ3) is 3.75. The maximum absolute atomic E-state index is 13.5. The molecule has 4 nitrogen and oxygen atoms in total. The van der Waals surface area contributed by atoms with Gasteiger partial charge in [-0.25, -0.2) is 0 Å². The highest BCUT2D eigenvalue weighted by molar-refractivity contribution is 5.77. The van der Waals surface area contributed by atoms with Gasteiger partial charge in [-0.15, -0.1) is 0 Å². The van der Waals surface area contributed by atoms with Gasteiger partial charge in [0, 0.05) is 32.7 Å². The molecule has 0 aromatic rings. The van der Waals surface area contributed by atoms with Crippen LogP contribution in [0.2, 0.25) is 0 Å². The van der Waals surface area contributed by atoms with E-state index in [4.69, 9.17) is 4.74 Å². The fourth-order valence-corrected chi connectivity index (χ4v) is 3.91. The molecule has 2 aliphatic heterocycles. The second kappa shape index (κ2) is 7.05. The van der Waals surface area contributed by atoms with Crippen molar-refractivity contribution in [3.05, 3.63) is 0 Å². The lowest BCUT2D eigenvalue weighted by atomic mass is 9.71. The first-order valence-electron chi connectivity index (χ1n) is 8.06. The molecule has 0 bridgehead atoms. The van der Waals surface area contributed by atoms with Crippen LogP contribution in [0.1, 0.15) is 26.7 Å². The van der Waals surface area contributed by atoms with Gasteiger partial charge in [0.25, 0.3) is 0 Å². The van der Waals surface area contributed by atoms with Gasteiger partial charge in [-0.2, -0.15) is 0 Å². The van der Waals surface area contributed by atoms with E-state index in [1.165, 1.54) is 7.11 Å². The SMILES string of the molecule is COCC(=O)N1CC(CF)C2(CCN(CC(C)C)CC2)C1. The summed E-state index contributed by atoms with van der Waals surface area (Å²) in [6, 6.07) is 0. The Morgan fingerprint density at radius 3 is 2.57 bits per heavy atom. The van der Waals surface area contributed by atoms with Crippen molar-refractivity contribution in [3.63, 3.8) is 0 Å². The predicted molar refractivity (Wildman–Crippen MR) is 80.9 cm³/mol. The number of nitrogens with zero attached hydrogens (tertiary/aromatic N) is 2. The van der Waals surface area contributed by atoms with Crippen molar-refractivity contribution in [2.75, 3.05) is 53.1 Å². The molecule has 122 valence electrons. The predicted octanol–water partition coefficient (Wildman–Crippen LogP) is 1.80. The third-order valence-corrected chi connectivity index (χ3v) is 5.09. The Labute approximate surface area is 127 Å². The molecular formula is C16H29FN2O2. The van der Waals surface area contributed by atoms with E-state index < -0.39 is 0 Å². The van der Waals surface area contributed by atoms with Crippen molar-refractivity contribution in [1.29, 1.82) is 0 Å². The Morgan fingerprint density at radius 2 is 2.05 bits per heavy atom. The second-order valence-electron chi connectivity index (χ2n) is 7.12. The van der Waals surface area contributed by atoms with Crippen LogP contribution < -0.4 is 0 Å².